The average Bonchev–Trinajstić information content (AvgIpc) is 2.29. The Bertz CT molecular complexity index is 471. The first kappa shape index (κ1) is 11.6. The molecule has 5 heteroatoms. The number of urea groups is 1. The maximum Gasteiger partial charge on any atom is 0.326 e. The predicted molar refractivity (Wildman–Crippen MR) is 64.6 cm³/mol. The van der Waals surface area contributed by atoms with E-state index < -0.39 is 6.03 Å². The minimum absolute atomic E-state index is 0.230. The molecule has 0 atom stereocenters. The lowest BCUT2D eigenvalue weighted by atomic mass is 9.99. The van der Waals surface area contributed by atoms with E-state index in [2.05, 4.69) is 5.32 Å². The van der Waals surface area contributed by atoms with Crippen molar-refractivity contribution >= 4 is 17.6 Å². The standard InChI is InChI=1S/C12H15N3O2/c1-14-7-8-2-4-10-9(6-8)3-5-11(16)15(10)12(13)17/h2,4,6,14H,3,5,7H2,1H3,(H2,13,17). The number of nitrogens with zero attached hydrogens (tertiary/aromatic N) is 1. The van der Waals surface area contributed by atoms with Crippen molar-refractivity contribution in [2.75, 3.05) is 11.9 Å². The first-order valence-electron chi connectivity index (χ1n) is 5.52. The van der Waals surface area contributed by atoms with E-state index in [4.69, 9.17) is 5.73 Å². The van der Waals surface area contributed by atoms with Crippen molar-refractivity contribution < 1.29 is 9.59 Å². The third kappa shape index (κ3) is 2.14. The minimum Gasteiger partial charge on any atom is -0.351 e. The Labute approximate surface area is 99.6 Å². The zero-order valence-electron chi connectivity index (χ0n) is 9.69. The third-order valence-electron chi connectivity index (χ3n) is 2.84. The number of carbonyl (C=O) groups is 2. The van der Waals surface area contributed by atoms with Crippen LogP contribution < -0.4 is 16.0 Å². The van der Waals surface area contributed by atoms with Crippen molar-refractivity contribution in [3.63, 3.8) is 0 Å². The predicted octanol–water partition coefficient (Wildman–Crippen LogP) is 0.764. The largest absolute Gasteiger partial charge is 0.351 e. The molecule has 0 spiro atoms. The number of primary amides is 1. The Balaban J connectivity index is 2.40. The summed E-state index contributed by atoms with van der Waals surface area (Å²) in [6.07, 6.45) is 0.994. The maximum atomic E-state index is 11.6. The number of nitrogens with one attached hydrogen (secondary N) is 1. The van der Waals surface area contributed by atoms with E-state index in [0.717, 1.165) is 22.6 Å². The highest BCUT2D eigenvalue weighted by Crippen LogP contribution is 2.28. The number of carbonyl (C=O) groups excluding carboxylic acids is 2. The van der Waals surface area contributed by atoms with Crippen LogP contribution in [-0.4, -0.2) is 19.0 Å². The molecule has 1 aliphatic heterocycles. The van der Waals surface area contributed by atoms with Crippen LogP contribution in [0.5, 0.6) is 0 Å². The molecule has 0 saturated heterocycles. The Kier molecular flexibility index (Phi) is 3.10. The first-order chi connectivity index (χ1) is 8.13. The second-order valence-corrected chi connectivity index (χ2v) is 4.06. The monoisotopic (exact) mass is 233 g/mol. The van der Waals surface area contributed by atoms with Crippen LogP contribution in [0.2, 0.25) is 0 Å². The van der Waals surface area contributed by atoms with Gasteiger partial charge >= 0.3 is 6.03 Å². The first-order valence-corrected chi connectivity index (χ1v) is 5.52. The molecule has 17 heavy (non-hydrogen) atoms. The van der Waals surface area contributed by atoms with Gasteiger partial charge in [0.15, 0.2) is 0 Å². The van der Waals surface area contributed by atoms with Gasteiger partial charge in [0.1, 0.15) is 0 Å². The van der Waals surface area contributed by atoms with Crippen LogP contribution in [0.4, 0.5) is 10.5 Å². The second-order valence-electron chi connectivity index (χ2n) is 4.06. The molecule has 0 unspecified atom stereocenters. The number of aryl methyl sites for hydroxylation is 1. The molecule has 0 bridgehead atoms. The van der Waals surface area contributed by atoms with Gasteiger partial charge in [0.2, 0.25) is 5.91 Å². The smallest absolute Gasteiger partial charge is 0.326 e. The topological polar surface area (TPSA) is 75.4 Å². The van der Waals surface area contributed by atoms with Crippen molar-refractivity contribution in [1.82, 2.24) is 5.32 Å². The van der Waals surface area contributed by atoms with Gasteiger partial charge in [-0.05, 0) is 30.7 Å². The molecule has 5 nitrogen and oxygen atoms in total. The molecule has 0 aromatic heterocycles. The van der Waals surface area contributed by atoms with E-state index in [9.17, 15) is 9.59 Å². The number of anilines is 1. The van der Waals surface area contributed by atoms with E-state index in [1.165, 1.54) is 0 Å². The summed E-state index contributed by atoms with van der Waals surface area (Å²) in [5.41, 5.74) is 7.97. The number of hydrogen-bond acceptors (Lipinski definition) is 3. The van der Waals surface area contributed by atoms with E-state index >= 15 is 0 Å². The summed E-state index contributed by atoms with van der Waals surface area (Å²) in [6.45, 7) is 0.762. The van der Waals surface area contributed by atoms with Crippen LogP contribution in [0.1, 0.15) is 17.5 Å². The number of hydrogen-bond donors (Lipinski definition) is 2. The highest BCUT2D eigenvalue weighted by Gasteiger charge is 2.27. The van der Waals surface area contributed by atoms with Crippen LogP contribution in [0.15, 0.2) is 18.2 Å². The molecule has 90 valence electrons. The lowest BCUT2D eigenvalue weighted by Gasteiger charge is -2.26. The van der Waals surface area contributed by atoms with E-state index in [-0.39, 0.29) is 5.91 Å². The molecule has 1 heterocycles. The normalized spacial score (nSPS) is 14.6. The fraction of sp³-hybridized carbons (Fsp3) is 0.333. The highest BCUT2D eigenvalue weighted by molar-refractivity contribution is 6.15. The second kappa shape index (κ2) is 4.55. The Morgan fingerprint density at radius 2 is 2.24 bits per heavy atom. The van der Waals surface area contributed by atoms with Gasteiger partial charge in [-0.3, -0.25) is 4.79 Å². The number of amides is 3. The van der Waals surface area contributed by atoms with Crippen molar-refractivity contribution in [2.24, 2.45) is 5.73 Å². The molecule has 1 aromatic carbocycles. The SMILES string of the molecule is CNCc1ccc2c(c1)CCC(=O)N2C(N)=O. The molecule has 3 N–H and O–H groups in total. The van der Waals surface area contributed by atoms with Gasteiger partial charge in [-0.15, -0.1) is 0 Å². The van der Waals surface area contributed by atoms with Crippen molar-refractivity contribution in [3.05, 3.63) is 29.3 Å². The average molecular weight is 233 g/mol. The van der Waals surface area contributed by atoms with E-state index in [1.807, 2.05) is 19.2 Å². The number of rotatable bonds is 2. The maximum absolute atomic E-state index is 11.6. The van der Waals surface area contributed by atoms with Crippen LogP contribution in [-0.2, 0) is 17.8 Å². The van der Waals surface area contributed by atoms with Crippen LogP contribution in [0.3, 0.4) is 0 Å². The molecule has 0 fully saturated rings. The fourth-order valence-electron chi connectivity index (χ4n) is 2.10. The van der Waals surface area contributed by atoms with Crippen LogP contribution >= 0.6 is 0 Å². The summed E-state index contributed by atoms with van der Waals surface area (Å²) >= 11 is 0. The van der Waals surface area contributed by atoms with Gasteiger partial charge in [0.05, 0.1) is 5.69 Å². The summed E-state index contributed by atoms with van der Waals surface area (Å²) in [7, 11) is 1.87. The Morgan fingerprint density at radius 3 is 2.88 bits per heavy atom. The zero-order valence-corrected chi connectivity index (χ0v) is 9.69. The molecule has 0 saturated carbocycles. The van der Waals surface area contributed by atoms with Crippen LogP contribution in [0, 0.1) is 0 Å². The fourth-order valence-corrected chi connectivity index (χ4v) is 2.10. The summed E-state index contributed by atoms with van der Waals surface area (Å²) in [6, 6.07) is 4.97. The van der Waals surface area contributed by atoms with Crippen molar-refractivity contribution in [1.29, 1.82) is 0 Å². The molecule has 1 aromatic rings. The number of imide groups is 1. The number of benzene rings is 1. The Hall–Kier alpha value is -1.88. The number of fused-ring (bicyclic) bond motifs is 1. The van der Waals surface area contributed by atoms with Gasteiger partial charge in [-0.25, -0.2) is 9.69 Å². The molecule has 1 aliphatic rings. The lowest BCUT2D eigenvalue weighted by molar-refractivity contribution is -0.118. The molecule has 0 radical (unpaired) electrons. The number of nitrogens with two attached hydrogens (primary N) is 1. The van der Waals surface area contributed by atoms with Gasteiger partial charge in [0.25, 0.3) is 0 Å². The lowest BCUT2D eigenvalue weighted by Crippen LogP contribution is -2.43. The van der Waals surface area contributed by atoms with Gasteiger partial charge in [-0.2, -0.15) is 0 Å². The van der Waals surface area contributed by atoms with E-state index in [1.54, 1.807) is 6.07 Å². The molecule has 3 amide bonds. The highest BCUT2D eigenvalue weighted by atomic mass is 16.2. The summed E-state index contributed by atoms with van der Waals surface area (Å²) in [5, 5.41) is 3.06. The minimum atomic E-state index is -0.711. The third-order valence-corrected chi connectivity index (χ3v) is 2.84. The molecule has 0 aliphatic carbocycles. The van der Waals surface area contributed by atoms with Gasteiger partial charge in [0, 0.05) is 13.0 Å². The Morgan fingerprint density at radius 1 is 1.47 bits per heavy atom. The van der Waals surface area contributed by atoms with Gasteiger partial charge < -0.3 is 11.1 Å². The summed E-state index contributed by atoms with van der Waals surface area (Å²) in [4.78, 5) is 23.9. The molecular weight excluding hydrogens is 218 g/mol. The molecule has 2 rings (SSSR count). The quantitative estimate of drug-likeness (QED) is 0.792. The molecular formula is C12H15N3O2. The van der Waals surface area contributed by atoms with E-state index in [0.29, 0.717) is 18.5 Å². The summed E-state index contributed by atoms with van der Waals surface area (Å²) < 4.78 is 0. The summed E-state index contributed by atoms with van der Waals surface area (Å²) in [5.74, 6) is -0.230. The van der Waals surface area contributed by atoms with Crippen LogP contribution in [0.25, 0.3) is 0 Å². The zero-order chi connectivity index (χ0) is 12.4. The van der Waals surface area contributed by atoms with Crippen molar-refractivity contribution in [3.8, 4) is 0 Å². The van der Waals surface area contributed by atoms with Crippen molar-refractivity contribution in [2.45, 2.75) is 19.4 Å². The van der Waals surface area contributed by atoms with Gasteiger partial charge in [-0.1, -0.05) is 12.1 Å².